The first kappa shape index (κ1) is 24.4. The maximum Gasteiger partial charge on any atom is 0.230 e. The van der Waals surface area contributed by atoms with E-state index < -0.39 is 0 Å². The number of rotatable bonds is 9. The van der Waals surface area contributed by atoms with Crippen molar-refractivity contribution in [2.75, 3.05) is 5.75 Å². The van der Waals surface area contributed by atoms with Gasteiger partial charge in [0, 0.05) is 15.7 Å². The highest BCUT2D eigenvalue weighted by molar-refractivity contribution is 8.00. The molecule has 1 heterocycles. The van der Waals surface area contributed by atoms with Crippen molar-refractivity contribution in [3.8, 4) is 5.69 Å². The fourth-order valence-corrected chi connectivity index (χ4v) is 5.25. The Morgan fingerprint density at radius 3 is 2.44 bits per heavy atom. The molecule has 0 fully saturated rings. The predicted molar refractivity (Wildman–Crippen MR) is 141 cm³/mol. The third kappa shape index (κ3) is 6.23. The van der Waals surface area contributed by atoms with E-state index >= 15 is 0 Å². The second kappa shape index (κ2) is 11.6. The summed E-state index contributed by atoms with van der Waals surface area (Å²) in [6.07, 6.45) is 0. The van der Waals surface area contributed by atoms with Crippen molar-refractivity contribution in [3.63, 3.8) is 0 Å². The highest BCUT2D eigenvalue weighted by Crippen LogP contribution is 2.30. The van der Waals surface area contributed by atoms with Crippen molar-refractivity contribution >= 4 is 41.0 Å². The van der Waals surface area contributed by atoms with Crippen LogP contribution in [0.4, 0.5) is 0 Å². The van der Waals surface area contributed by atoms with E-state index in [0.717, 1.165) is 27.1 Å². The Bertz CT molecular complexity index is 1250. The van der Waals surface area contributed by atoms with Crippen LogP contribution in [0.1, 0.15) is 29.9 Å². The molecule has 0 aliphatic carbocycles. The number of hydrogen-bond donors (Lipinski definition) is 1. The summed E-state index contributed by atoms with van der Waals surface area (Å²) in [6, 6.07) is 25.5. The molecule has 0 aliphatic heterocycles. The third-order valence-corrected chi connectivity index (χ3v) is 7.41. The first-order valence-corrected chi connectivity index (χ1v) is 13.2. The average molecular weight is 509 g/mol. The summed E-state index contributed by atoms with van der Waals surface area (Å²) in [5.74, 6) is 1.69. The number of halogens is 1. The Kier molecular flexibility index (Phi) is 8.32. The molecule has 0 bridgehead atoms. The molecule has 0 spiro atoms. The minimum absolute atomic E-state index is 0.0581. The van der Waals surface area contributed by atoms with Crippen molar-refractivity contribution in [2.45, 2.75) is 35.7 Å². The van der Waals surface area contributed by atoms with Crippen molar-refractivity contribution in [1.82, 2.24) is 20.1 Å². The van der Waals surface area contributed by atoms with E-state index in [2.05, 4.69) is 27.6 Å². The summed E-state index contributed by atoms with van der Waals surface area (Å²) in [5, 5.41) is 13.4. The fourth-order valence-electron chi connectivity index (χ4n) is 3.44. The summed E-state index contributed by atoms with van der Waals surface area (Å²) in [5.41, 5.74) is 3.15. The van der Waals surface area contributed by atoms with E-state index in [1.165, 1.54) is 17.3 Å². The quantitative estimate of drug-likeness (QED) is 0.262. The van der Waals surface area contributed by atoms with Gasteiger partial charge in [0.25, 0.3) is 0 Å². The van der Waals surface area contributed by atoms with Crippen LogP contribution in [-0.4, -0.2) is 26.4 Å². The first-order valence-electron chi connectivity index (χ1n) is 10.9. The van der Waals surface area contributed by atoms with Gasteiger partial charge in [-0.25, -0.2) is 0 Å². The third-order valence-electron chi connectivity index (χ3n) is 5.16. The van der Waals surface area contributed by atoms with Crippen LogP contribution < -0.4 is 5.32 Å². The SMILES string of the molecule is Cc1ccc(Cl)cc1-n1c(SCc2ccccc2)nnc1C(C)NC(=O)CSc1ccccc1. The van der Waals surface area contributed by atoms with Gasteiger partial charge in [-0.2, -0.15) is 0 Å². The second-order valence-corrected chi connectivity index (χ2v) is 10.2. The van der Waals surface area contributed by atoms with Gasteiger partial charge in [0.2, 0.25) is 5.91 Å². The summed E-state index contributed by atoms with van der Waals surface area (Å²) in [4.78, 5) is 13.7. The van der Waals surface area contributed by atoms with E-state index in [0.29, 0.717) is 16.6 Å². The van der Waals surface area contributed by atoms with Gasteiger partial charge in [-0.1, -0.05) is 78.0 Å². The molecule has 1 atom stereocenters. The van der Waals surface area contributed by atoms with Gasteiger partial charge in [0.1, 0.15) is 0 Å². The average Bonchev–Trinajstić information content (AvgIpc) is 3.28. The minimum atomic E-state index is -0.333. The zero-order valence-corrected chi connectivity index (χ0v) is 21.3. The second-order valence-electron chi connectivity index (χ2n) is 7.77. The molecule has 1 N–H and O–H groups in total. The van der Waals surface area contributed by atoms with E-state index in [9.17, 15) is 4.79 Å². The molecule has 0 aliphatic rings. The smallest absolute Gasteiger partial charge is 0.230 e. The zero-order chi connectivity index (χ0) is 23.9. The van der Waals surface area contributed by atoms with Crippen molar-refractivity contribution < 1.29 is 4.79 Å². The molecule has 0 radical (unpaired) electrons. The number of aromatic nitrogens is 3. The molecule has 4 aromatic rings. The van der Waals surface area contributed by atoms with E-state index in [1.807, 2.05) is 85.1 Å². The van der Waals surface area contributed by atoms with Crippen molar-refractivity contribution in [3.05, 3.63) is 101 Å². The molecule has 34 heavy (non-hydrogen) atoms. The minimum Gasteiger partial charge on any atom is -0.346 e. The van der Waals surface area contributed by atoms with Crippen LogP contribution in [0.5, 0.6) is 0 Å². The number of carbonyl (C=O) groups excluding carboxylic acids is 1. The molecule has 0 saturated carbocycles. The Morgan fingerprint density at radius 1 is 1.00 bits per heavy atom. The summed E-state index contributed by atoms with van der Waals surface area (Å²) >= 11 is 9.45. The van der Waals surface area contributed by atoms with Crippen LogP contribution in [0, 0.1) is 6.92 Å². The van der Waals surface area contributed by atoms with Gasteiger partial charge >= 0.3 is 0 Å². The maximum absolute atomic E-state index is 12.7. The number of nitrogens with one attached hydrogen (secondary N) is 1. The highest BCUT2D eigenvalue weighted by atomic mass is 35.5. The normalized spacial score (nSPS) is 11.9. The molecule has 1 amide bonds. The van der Waals surface area contributed by atoms with E-state index in [-0.39, 0.29) is 11.9 Å². The largest absolute Gasteiger partial charge is 0.346 e. The van der Waals surface area contributed by atoms with Crippen LogP contribution >= 0.6 is 35.1 Å². The Labute approximate surface area is 213 Å². The van der Waals surface area contributed by atoms with Gasteiger partial charge in [-0.05, 0) is 49.2 Å². The molecule has 4 rings (SSSR count). The van der Waals surface area contributed by atoms with Crippen LogP contribution in [0.15, 0.2) is 88.9 Å². The van der Waals surface area contributed by atoms with Crippen molar-refractivity contribution in [2.24, 2.45) is 0 Å². The molecule has 1 unspecified atom stereocenters. The fraction of sp³-hybridized carbons (Fsp3) is 0.192. The number of carbonyl (C=O) groups is 1. The number of aryl methyl sites for hydroxylation is 1. The molecule has 3 aromatic carbocycles. The number of hydrogen-bond acceptors (Lipinski definition) is 5. The number of amides is 1. The van der Waals surface area contributed by atoms with Gasteiger partial charge < -0.3 is 5.32 Å². The molecular formula is C26H25ClN4OS2. The molecule has 8 heteroatoms. The lowest BCUT2D eigenvalue weighted by molar-refractivity contribution is -0.119. The van der Waals surface area contributed by atoms with E-state index in [4.69, 9.17) is 11.6 Å². The first-order chi connectivity index (χ1) is 16.5. The molecule has 1 aromatic heterocycles. The lowest BCUT2D eigenvalue weighted by atomic mass is 10.2. The summed E-state index contributed by atoms with van der Waals surface area (Å²) in [7, 11) is 0. The lowest BCUT2D eigenvalue weighted by Gasteiger charge is -2.18. The van der Waals surface area contributed by atoms with Crippen molar-refractivity contribution in [1.29, 1.82) is 0 Å². The molecular weight excluding hydrogens is 484 g/mol. The Morgan fingerprint density at radius 2 is 1.71 bits per heavy atom. The molecule has 5 nitrogen and oxygen atoms in total. The molecule has 174 valence electrons. The van der Waals surface area contributed by atoms with Gasteiger partial charge in [-0.3, -0.25) is 9.36 Å². The van der Waals surface area contributed by atoms with E-state index in [1.54, 1.807) is 11.8 Å². The highest BCUT2D eigenvalue weighted by Gasteiger charge is 2.22. The van der Waals surface area contributed by atoms with Gasteiger partial charge in [0.15, 0.2) is 11.0 Å². The van der Waals surface area contributed by atoms with Crippen LogP contribution in [0.2, 0.25) is 5.02 Å². The van der Waals surface area contributed by atoms with Crippen LogP contribution in [0.25, 0.3) is 5.69 Å². The van der Waals surface area contributed by atoms with Crippen LogP contribution in [-0.2, 0) is 10.5 Å². The van der Waals surface area contributed by atoms with Crippen LogP contribution in [0.3, 0.4) is 0 Å². The zero-order valence-electron chi connectivity index (χ0n) is 18.9. The Balaban J connectivity index is 1.56. The van der Waals surface area contributed by atoms with Gasteiger partial charge in [0.05, 0.1) is 17.5 Å². The topological polar surface area (TPSA) is 59.8 Å². The molecule has 0 saturated heterocycles. The lowest BCUT2D eigenvalue weighted by Crippen LogP contribution is -2.30. The number of benzene rings is 3. The summed E-state index contributed by atoms with van der Waals surface area (Å²) < 4.78 is 2.00. The standard InChI is InChI=1S/C26H25ClN4OS2/c1-18-13-14-21(27)15-23(18)31-25(29-30-26(31)34-16-20-9-5-3-6-10-20)19(2)28-24(32)17-33-22-11-7-4-8-12-22/h3-15,19H,16-17H2,1-2H3,(H,28,32). The summed E-state index contributed by atoms with van der Waals surface area (Å²) in [6.45, 7) is 3.96. The maximum atomic E-state index is 12.7. The monoisotopic (exact) mass is 508 g/mol. The predicted octanol–water partition coefficient (Wildman–Crippen LogP) is 6.49. The number of nitrogens with zero attached hydrogens (tertiary/aromatic N) is 3. The van der Waals surface area contributed by atoms with Gasteiger partial charge in [-0.15, -0.1) is 22.0 Å². The number of thioether (sulfide) groups is 2. The Hall–Kier alpha value is -2.74.